The van der Waals surface area contributed by atoms with Crippen LogP contribution < -0.4 is 4.74 Å². The first-order chi connectivity index (χ1) is 8.97. The molecule has 0 fully saturated rings. The third-order valence-corrected chi connectivity index (χ3v) is 3.47. The summed E-state index contributed by atoms with van der Waals surface area (Å²) in [4.78, 5) is 10.5. The van der Waals surface area contributed by atoms with Crippen LogP contribution in [0.2, 0.25) is 0 Å². The van der Waals surface area contributed by atoms with Gasteiger partial charge in [-0.2, -0.15) is 0 Å². The minimum atomic E-state index is -0.465. The van der Waals surface area contributed by atoms with Gasteiger partial charge in [0.15, 0.2) is 0 Å². The summed E-state index contributed by atoms with van der Waals surface area (Å²) in [7, 11) is 0. The Labute approximate surface area is 126 Å². The van der Waals surface area contributed by atoms with E-state index >= 15 is 0 Å². The van der Waals surface area contributed by atoms with E-state index in [0.717, 1.165) is 10.0 Å². The van der Waals surface area contributed by atoms with Crippen LogP contribution in [0.4, 0.5) is 5.69 Å². The average Bonchev–Trinajstić information content (AvgIpc) is 2.35. The van der Waals surface area contributed by atoms with Crippen LogP contribution in [-0.2, 0) is 0 Å². The van der Waals surface area contributed by atoms with Crippen molar-refractivity contribution in [2.45, 2.75) is 6.92 Å². The highest BCUT2D eigenvalue weighted by Crippen LogP contribution is 2.35. The van der Waals surface area contributed by atoms with E-state index in [-0.39, 0.29) is 11.4 Å². The second-order valence-electron chi connectivity index (χ2n) is 3.88. The first-order valence-electron chi connectivity index (χ1n) is 5.35. The Morgan fingerprint density at radius 1 is 1.05 bits per heavy atom. The van der Waals surface area contributed by atoms with Gasteiger partial charge in [0.1, 0.15) is 5.75 Å². The Balaban J connectivity index is 2.43. The normalized spacial score (nSPS) is 10.3. The highest BCUT2D eigenvalue weighted by Gasteiger charge is 2.17. The number of benzene rings is 2. The van der Waals surface area contributed by atoms with E-state index in [1.807, 2.05) is 19.1 Å². The van der Waals surface area contributed by atoms with Crippen LogP contribution in [0, 0.1) is 17.0 Å². The molecule has 98 valence electrons. The summed E-state index contributed by atoms with van der Waals surface area (Å²) in [5.74, 6) is 0.800. The van der Waals surface area contributed by atoms with Gasteiger partial charge >= 0.3 is 5.69 Å². The molecule has 0 heterocycles. The molecule has 0 amide bonds. The molecule has 0 saturated carbocycles. The van der Waals surface area contributed by atoms with Gasteiger partial charge in [-0.05, 0) is 36.8 Å². The van der Waals surface area contributed by atoms with Crippen molar-refractivity contribution in [3.63, 3.8) is 0 Å². The highest BCUT2D eigenvalue weighted by molar-refractivity contribution is 9.10. The Morgan fingerprint density at radius 3 is 2.37 bits per heavy atom. The van der Waals surface area contributed by atoms with Crippen molar-refractivity contribution >= 4 is 37.5 Å². The van der Waals surface area contributed by atoms with E-state index < -0.39 is 4.92 Å². The van der Waals surface area contributed by atoms with Crippen molar-refractivity contribution < 1.29 is 9.66 Å². The second-order valence-corrected chi connectivity index (χ2v) is 5.71. The van der Waals surface area contributed by atoms with Crippen molar-refractivity contribution in [3.05, 3.63) is 61.0 Å². The Morgan fingerprint density at radius 2 is 1.68 bits per heavy atom. The topological polar surface area (TPSA) is 52.4 Å². The molecule has 0 spiro atoms. The molecule has 0 aromatic heterocycles. The molecule has 2 rings (SSSR count). The second kappa shape index (κ2) is 5.71. The van der Waals surface area contributed by atoms with Crippen LogP contribution in [0.5, 0.6) is 11.5 Å². The molecule has 0 aliphatic heterocycles. The Kier molecular flexibility index (Phi) is 4.21. The van der Waals surface area contributed by atoms with Gasteiger partial charge in [0.2, 0.25) is 5.75 Å². The van der Waals surface area contributed by atoms with Gasteiger partial charge in [-0.15, -0.1) is 0 Å². The molecule has 4 nitrogen and oxygen atoms in total. The maximum absolute atomic E-state index is 11.0. The number of halogens is 2. The van der Waals surface area contributed by atoms with Gasteiger partial charge in [0.25, 0.3) is 0 Å². The number of nitro benzene ring substituents is 1. The molecule has 0 saturated heterocycles. The number of hydrogen-bond donors (Lipinski definition) is 0. The van der Waals surface area contributed by atoms with Gasteiger partial charge in [-0.25, -0.2) is 0 Å². The minimum absolute atomic E-state index is 0.0752. The van der Waals surface area contributed by atoms with Crippen molar-refractivity contribution in [1.82, 2.24) is 0 Å². The molecular weight excluding hydrogens is 378 g/mol. The van der Waals surface area contributed by atoms with Crippen molar-refractivity contribution in [2.24, 2.45) is 0 Å². The quantitative estimate of drug-likeness (QED) is 0.536. The first kappa shape index (κ1) is 14.0. The Hall–Kier alpha value is -1.40. The molecule has 0 aliphatic rings. The molecule has 0 bridgehead atoms. The van der Waals surface area contributed by atoms with Gasteiger partial charge in [-0.1, -0.05) is 37.9 Å². The van der Waals surface area contributed by atoms with E-state index in [2.05, 4.69) is 31.9 Å². The molecule has 0 atom stereocenters. The summed E-state index contributed by atoms with van der Waals surface area (Å²) < 4.78 is 7.14. The summed E-state index contributed by atoms with van der Waals surface area (Å²) in [5, 5.41) is 11.0. The fraction of sp³-hybridized carbons (Fsp3) is 0.0769. The van der Waals surface area contributed by atoms with Gasteiger partial charge in [-0.3, -0.25) is 10.1 Å². The van der Waals surface area contributed by atoms with Crippen molar-refractivity contribution in [1.29, 1.82) is 0 Å². The molecule has 0 unspecified atom stereocenters. The lowest BCUT2D eigenvalue weighted by Crippen LogP contribution is -1.94. The van der Waals surface area contributed by atoms with Gasteiger partial charge in [0, 0.05) is 15.0 Å². The molecule has 0 aliphatic carbocycles. The largest absolute Gasteiger partial charge is 0.450 e. The number of nitrogens with zero attached hydrogens (tertiary/aromatic N) is 1. The molecular formula is C13H9Br2NO3. The molecule has 6 heteroatoms. The SMILES string of the molecule is Cc1ccc(Br)cc1Oc1ccc(Br)cc1[N+](=O)[O-]. The monoisotopic (exact) mass is 385 g/mol. The van der Waals surface area contributed by atoms with E-state index in [0.29, 0.717) is 10.2 Å². The van der Waals surface area contributed by atoms with Gasteiger partial charge < -0.3 is 4.74 Å². The molecule has 0 radical (unpaired) electrons. The zero-order chi connectivity index (χ0) is 14.0. The average molecular weight is 387 g/mol. The highest BCUT2D eigenvalue weighted by atomic mass is 79.9. The number of aryl methyl sites for hydroxylation is 1. The van der Waals surface area contributed by atoms with Crippen LogP contribution in [0.1, 0.15) is 5.56 Å². The van der Waals surface area contributed by atoms with Crippen LogP contribution in [0.3, 0.4) is 0 Å². The fourth-order valence-electron chi connectivity index (χ4n) is 1.52. The zero-order valence-electron chi connectivity index (χ0n) is 9.89. The predicted octanol–water partition coefficient (Wildman–Crippen LogP) is 5.22. The third-order valence-electron chi connectivity index (χ3n) is 2.49. The van der Waals surface area contributed by atoms with Crippen molar-refractivity contribution in [3.8, 4) is 11.5 Å². The summed E-state index contributed by atoms with van der Waals surface area (Å²) in [5.41, 5.74) is 0.828. The smallest absolute Gasteiger partial charge is 0.312 e. The lowest BCUT2D eigenvalue weighted by molar-refractivity contribution is -0.385. The lowest BCUT2D eigenvalue weighted by Gasteiger charge is -2.09. The van der Waals surface area contributed by atoms with Crippen LogP contribution in [0.25, 0.3) is 0 Å². The summed E-state index contributed by atoms with van der Waals surface area (Å²) in [6.45, 7) is 1.88. The maximum atomic E-state index is 11.0. The van der Waals surface area contributed by atoms with Crippen LogP contribution in [0.15, 0.2) is 45.3 Å². The molecule has 0 N–H and O–H groups in total. The number of hydrogen-bond acceptors (Lipinski definition) is 3. The summed E-state index contributed by atoms with van der Waals surface area (Å²) in [6, 6.07) is 10.2. The zero-order valence-corrected chi connectivity index (χ0v) is 13.1. The minimum Gasteiger partial charge on any atom is -0.450 e. The first-order valence-corrected chi connectivity index (χ1v) is 6.94. The summed E-state index contributed by atoms with van der Waals surface area (Å²) in [6.07, 6.45) is 0. The van der Waals surface area contributed by atoms with Crippen LogP contribution in [-0.4, -0.2) is 4.92 Å². The molecule has 2 aromatic carbocycles. The third kappa shape index (κ3) is 3.33. The Bertz CT molecular complexity index is 644. The van der Waals surface area contributed by atoms with Gasteiger partial charge in [0.05, 0.1) is 4.92 Å². The van der Waals surface area contributed by atoms with E-state index in [9.17, 15) is 10.1 Å². The van der Waals surface area contributed by atoms with E-state index in [1.165, 1.54) is 6.07 Å². The number of nitro groups is 1. The van der Waals surface area contributed by atoms with E-state index in [4.69, 9.17) is 4.74 Å². The lowest BCUT2D eigenvalue weighted by atomic mass is 10.2. The van der Waals surface area contributed by atoms with Crippen molar-refractivity contribution in [2.75, 3.05) is 0 Å². The maximum Gasteiger partial charge on any atom is 0.312 e. The molecule has 19 heavy (non-hydrogen) atoms. The standard InChI is InChI=1S/C13H9Br2NO3/c1-8-2-3-10(15)7-13(8)19-12-5-4-9(14)6-11(12)16(17)18/h2-7H,1H3. The number of rotatable bonds is 3. The van der Waals surface area contributed by atoms with E-state index in [1.54, 1.807) is 18.2 Å². The summed E-state index contributed by atoms with van der Waals surface area (Å²) >= 11 is 6.56. The van der Waals surface area contributed by atoms with Crippen LogP contribution >= 0.6 is 31.9 Å². The predicted molar refractivity (Wildman–Crippen MR) is 79.7 cm³/mol. The number of ether oxygens (including phenoxy) is 1. The molecule has 2 aromatic rings. The fourth-order valence-corrected chi connectivity index (χ4v) is 2.21.